The quantitative estimate of drug-likeness (QED) is 0.817. The van der Waals surface area contributed by atoms with Crippen molar-refractivity contribution >= 4 is 22.4 Å². The average Bonchev–Trinajstić information content (AvgIpc) is 3.07. The molecule has 3 rings (SSSR count). The van der Waals surface area contributed by atoms with Gasteiger partial charge in [0.1, 0.15) is 0 Å². The van der Waals surface area contributed by atoms with Crippen LogP contribution < -0.4 is 11.1 Å². The van der Waals surface area contributed by atoms with Crippen LogP contribution in [0.4, 0.5) is 5.69 Å². The Kier molecular flexibility index (Phi) is 2.30. The monoisotopic (exact) mass is 227 g/mol. The summed E-state index contributed by atoms with van der Waals surface area (Å²) in [7, 11) is 0. The van der Waals surface area contributed by atoms with Crippen molar-refractivity contribution in [3.63, 3.8) is 0 Å². The van der Waals surface area contributed by atoms with E-state index in [4.69, 9.17) is 5.73 Å². The van der Waals surface area contributed by atoms with Crippen LogP contribution >= 0.6 is 0 Å². The molecule has 0 aliphatic heterocycles. The molecule has 1 saturated carbocycles. The smallest absolute Gasteiger partial charge is 0.229 e. The Morgan fingerprint density at radius 3 is 3.00 bits per heavy atom. The van der Waals surface area contributed by atoms with E-state index in [-0.39, 0.29) is 17.9 Å². The van der Waals surface area contributed by atoms with E-state index in [2.05, 4.69) is 10.3 Å². The summed E-state index contributed by atoms with van der Waals surface area (Å²) in [4.78, 5) is 15.9. The van der Waals surface area contributed by atoms with Gasteiger partial charge >= 0.3 is 0 Å². The molecule has 1 aromatic carbocycles. The van der Waals surface area contributed by atoms with Crippen LogP contribution in [0.25, 0.3) is 10.8 Å². The number of pyridine rings is 1. The van der Waals surface area contributed by atoms with E-state index in [1.54, 1.807) is 12.4 Å². The fourth-order valence-corrected chi connectivity index (χ4v) is 1.97. The van der Waals surface area contributed by atoms with Gasteiger partial charge in [-0.25, -0.2) is 0 Å². The maximum absolute atomic E-state index is 11.8. The van der Waals surface area contributed by atoms with Crippen LogP contribution in [-0.2, 0) is 4.79 Å². The van der Waals surface area contributed by atoms with E-state index in [1.165, 1.54) is 0 Å². The first-order valence-electron chi connectivity index (χ1n) is 5.65. The number of nitrogens with one attached hydrogen (secondary N) is 1. The van der Waals surface area contributed by atoms with Gasteiger partial charge in [-0.15, -0.1) is 0 Å². The van der Waals surface area contributed by atoms with Crippen molar-refractivity contribution in [2.75, 3.05) is 5.32 Å². The number of fused-ring (bicyclic) bond motifs is 1. The van der Waals surface area contributed by atoms with Crippen molar-refractivity contribution in [3.8, 4) is 0 Å². The van der Waals surface area contributed by atoms with E-state index >= 15 is 0 Å². The molecule has 3 N–H and O–H groups in total. The predicted octanol–water partition coefficient (Wildman–Crippen LogP) is 1.52. The number of carbonyl (C=O) groups excluding carboxylic acids is 1. The summed E-state index contributed by atoms with van der Waals surface area (Å²) in [5, 5.41) is 4.95. The standard InChI is InChI=1S/C13H13N3O/c14-11-6-10(11)13(17)16-12-3-1-2-8-7-15-5-4-9(8)12/h1-5,7,10-11H,6,14H2,(H,16,17). The van der Waals surface area contributed by atoms with Crippen molar-refractivity contribution in [1.82, 2.24) is 4.98 Å². The third-order valence-corrected chi connectivity index (χ3v) is 3.12. The highest BCUT2D eigenvalue weighted by molar-refractivity contribution is 6.03. The highest BCUT2D eigenvalue weighted by atomic mass is 16.2. The topological polar surface area (TPSA) is 68.0 Å². The maximum Gasteiger partial charge on any atom is 0.229 e. The van der Waals surface area contributed by atoms with Crippen LogP contribution in [0.15, 0.2) is 36.7 Å². The predicted molar refractivity (Wildman–Crippen MR) is 66.5 cm³/mol. The number of rotatable bonds is 2. The molecule has 2 unspecified atom stereocenters. The molecule has 1 fully saturated rings. The molecule has 86 valence electrons. The lowest BCUT2D eigenvalue weighted by Crippen LogP contribution is -2.18. The summed E-state index contributed by atoms with van der Waals surface area (Å²) in [5.74, 6) is -0.00564. The number of anilines is 1. The molecule has 17 heavy (non-hydrogen) atoms. The number of nitrogens with zero attached hydrogens (tertiary/aromatic N) is 1. The van der Waals surface area contributed by atoms with E-state index in [0.717, 1.165) is 22.9 Å². The third kappa shape index (κ3) is 1.87. The van der Waals surface area contributed by atoms with Gasteiger partial charge in [0, 0.05) is 34.9 Å². The first-order chi connectivity index (χ1) is 8.25. The summed E-state index contributed by atoms with van der Waals surface area (Å²) in [6.45, 7) is 0. The molecule has 4 nitrogen and oxygen atoms in total. The van der Waals surface area contributed by atoms with Gasteiger partial charge in [-0.2, -0.15) is 0 Å². The van der Waals surface area contributed by atoms with Crippen molar-refractivity contribution in [2.24, 2.45) is 11.7 Å². The Balaban J connectivity index is 1.92. The van der Waals surface area contributed by atoms with Crippen LogP contribution in [0.3, 0.4) is 0 Å². The maximum atomic E-state index is 11.8. The van der Waals surface area contributed by atoms with Crippen LogP contribution in [0, 0.1) is 5.92 Å². The van der Waals surface area contributed by atoms with Gasteiger partial charge in [-0.1, -0.05) is 12.1 Å². The summed E-state index contributed by atoms with van der Waals surface area (Å²) in [6, 6.07) is 7.71. The lowest BCUT2D eigenvalue weighted by molar-refractivity contribution is -0.117. The molecular weight excluding hydrogens is 214 g/mol. The molecule has 2 aromatic rings. The summed E-state index contributed by atoms with van der Waals surface area (Å²) in [6.07, 6.45) is 4.30. The average molecular weight is 227 g/mol. The number of nitrogens with two attached hydrogens (primary N) is 1. The minimum absolute atomic E-state index is 0.0156. The molecule has 1 amide bonds. The zero-order valence-electron chi connectivity index (χ0n) is 9.26. The molecule has 1 aliphatic rings. The fourth-order valence-electron chi connectivity index (χ4n) is 1.97. The second kappa shape index (κ2) is 3.82. The highest BCUT2D eigenvalue weighted by Crippen LogP contribution is 2.30. The van der Waals surface area contributed by atoms with Gasteiger partial charge in [0.25, 0.3) is 0 Å². The number of benzene rings is 1. The molecule has 4 heteroatoms. The molecule has 0 radical (unpaired) electrons. The van der Waals surface area contributed by atoms with Crippen molar-refractivity contribution < 1.29 is 4.79 Å². The van der Waals surface area contributed by atoms with Crippen LogP contribution in [0.5, 0.6) is 0 Å². The Morgan fingerprint density at radius 1 is 1.41 bits per heavy atom. The largest absolute Gasteiger partial charge is 0.327 e. The number of hydrogen-bond acceptors (Lipinski definition) is 3. The third-order valence-electron chi connectivity index (χ3n) is 3.12. The highest BCUT2D eigenvalue weighted by Gasteiger charge is 2.40. The van der Waals surface area contributed by atoms with Crippen molar-refractivity contribution in [3.05, 3.63) is 36.7 Å². The van der Waals surface area contributed by atoms with Gasteiger partial charge in [0.2, 0.25) is 5.91 Å². The van der Waals surface area contributed by atoms with Crippen molar-refractivity contribution in [2.45, 2.75) is 12.5 Å². The molecule has 0 bridgehead atoms. The fraction of sp³-hybridized carbons (Fsp3) is 0.231. The zero-order chi connectivity index (χ0) is 11.8. The van der Waals surface area contributed by atoms with Crippen LogP contribution in [0.2, 0.25) is 0 Å². The zero-order valence-corrected chi connectivity index (χ0v) is 9.26. The van der Waals surface area contributed by atoms with Crippen LogP contribution in [0.1, 0.15) is 6.42 Å². The Hall–Kier alpha value is -1.94. The van der Waals surface area contributed by atoms with Gasteiger partial charge in [0.05, 0.1) is 5.92 Å². The molecule has 0 spiro atoms. The number of amides is 1. The molecule has 2 atom stereocenters. The van der Waals surface area contributed by atoms with Gasteiger partial charge in [0.15, 0.2) is 0 Å². The van der Waals surface area contributed by atoms with Gasteiger partial charge < -0.3 is 11.1 Å². The summed E-state index contributed by atoms with van der Waals surface area (Å²) in [5.41, 5.74) is 6.49. The minimum Gasteiger partial charge on any atom is -0.327 e. The number of carbonyl (C=O) groups is 1. The summed E-state index contributed by atoms with van der Waals surface area (Å²) < 4.78 is 0. The molecule has 1 aliphatic carbocycles. The lowest BCUT2D eigenvalue weighted by Gasteiger charge is -2.07. The molecule has 0 saturated heterocycles. The van der Waals surface area contributed by atoms with Crippen LogP contribution in [-0.4, -0.2) is 16.9 Å². The first kappa shape index (κ1) is 10.2. The van der Waals surface area contributed by atoms with Gasteiger partial charge in [-0.3, -0.25) is 9.78 Å². The lowest BCUT2D eigenvalue weighted by atomic mass is 10.1. The summed E-state index contributed by atoms with van der Waals surface area (Å²) >= 11 is 0. The number of aromatic nitrogens is 1. The Morgan fingerprint density at radius 2 is 2.24 bits per heavy atom. The van der Waals surface area contributed by atoms with E-state index in [0.29, 0.717) is 0 Å². The normalized spacial score (nSPS) is 22.4. The van der Waals surface area contributed by atoms with E-state index in [1.807, 2.05) is 24.3 Å². The van der Waals surface area contributed by atoms with Gasteiger partial charge in [-0.05, 0) is 18.6 Å². The van der Waals surface area contributed by atoms with E-state index in [9.17, 15) is 4.79 Å². The molecule has 1 heterocycles. The second-order valence-corrected chi connectivity index (χ2v) is 4.40. The Bertz CT molecular complexity index is 576. The second-order valence-electron chi connectivity index (χ2n) is 4.40. The molecule has 1 aromatic heterocycles. The SMILES string of the molecule is NC1CC1C(=O)Nc1cccc2cnccc12. The first-order valence-corrected chi connectivity index (χ1v) is 5.65. The Labute approximate surface area is 98.8 Å². The minimum atomic E-state index is -0.0212. The van der Waals surface area contributed by atoms with E-state index < -0.39 is 0 Å². The number of hydrogen-bond donors (Lipinski definition) is 2. The van der Waals surface area contributed by atoms with Crippen molar-refractivity contribution in [1.29, 1.82) is 0 Å². The molecular formula is C13H13N3O.